The molecule has 0 bridgehead atoms. The molecule has 0 amide bonds. The number of nitrogens with zero attached hydrogens (tertiary/aromatic N) is 3. The number of aromatic carboxylic acids is 1. The molecule has 2 aromatic heterocycles. The number of aryl methyl sites for hydroxylation is 1. The molecule has 1 atom stereocenters. The second-order valence-corrected chi connectivity index (χ2v) is 11.9. The van der Waals surface area contributed by atoms with Crippen molar-refractivity contribution in [2.24, 2.45) is 5.14 Å². The van der Waals surface area contributed by atoms with Crippen molar-refractivity contribution in [2.45, 2.75) is 37.0 Å². The monoisotopic (exact) mass is 590 g/mol. The Morgan fingerprint density at radius 2 is 1.80 bits per heavy atom. The molecule has 11 heteroatoms. The number of benzene rings is 3. The Morgan fingerprint density at radius 3 is 2.44 bits per heavy atom. The fraction of sp³-hybridized carbons (Fsp3) is 0.167. The summed E-state index contributed by atoms with van der Waals surface area (Å²) < 4.78 is 43.6. The fourth-order valence-corrected chi connectivity index (χ4v) is 6.05. The number of nitrogens with two attached hydrogens (primary N) is 1. The van der Waals surface area contributed by atoms with E-state index in [1.165, 1.54) is 23.6 Å². The maximum Gasteiger partial charge on any atom is 0.355 e. The summed E-state index contributed by atoms with van der Waals surface area (Å²) >= 11 is 1.15. The Hall–Kier alpha value is -4.06. The highest BCUT2D eigenvalue weighted by Gasteiger charge is 2.34. The van der Waals surface area contributed by atoms with Crippen LogP contribution in [0.3, 0.4) is 0 Å². The van der Waals surface area contributed by atoms with Crippen molar-refractivity contribution in [3.63, 3.8) is 0 Å². The number of hydrogen-bond donors (Lipinski definition) is 2. The number of thiazole rings is 1. The van der Waals surface area contributed by atoms with Crippen LogP contribution in [-0.2, 0) is 17.4 Å². The Labute approximate surface area is 240 Å². The average Bonchev–Trinajstić information content (AvgIpc) is 3.53. The van der Waals surface area contributed by atoms with Gasteiger partial charge in [-0.15, -0.1) is 11.3 Å². The first-order valence-electron chi connectivity index (χ1n) is 12.8. The summed E-state index contributed by atoms with van der Waals surface area (Å²) in [6.45, 7) is 1.96. The van der Waals surface area contributed by atoms with Gasteiger partial charge in [-0.05, 0) is 61.2 Å². The van der Waals surface area contributed by atoms with Gasteiger partial charge in [0.2, 0.25) is 5.13 Å². The minimum atomic E-state index is -1.82. The molecule has 0 aliphatic heterocycles. The van der Waals surface area contributed by atoms with Gasteiger partial charge in [0.1, 0.15) is 22.6 Å². The van der Waals surface area contributed by atoms with Crippen molar-refractivity contribution >= 4 is 28.3 Å². The molecule has 0 spiro atoms. The summed E-state index contributed by atoms with van der Waals surface area (Å²) in [6, 6.07) is 16.6. The van der Waals surface area contributed by atoms with Gasteiger partial charge in [-0.25, -0.2) is 32.6 Å². The van der Waals surface area contributed by atoms with E-state index in [0.29, 0.717) is 33.1 Å². The van der Waals surface area contributed by atoms with Gasteiger partial charge in [0.05, 0.1) is 16.3 Å². The van der Waals surface area contributed by atoms with Gasteiger partial charge in [0, 0.05) is 34.4 Å². The lowest BCUT2D eigenvalue weighted by molar-refractivity contribution is 0.0691. The van der Waals surface area contributed by atoms with E-state index >= 15 is 8.78 Å². The van der Waals surface area contributed by atoms with E-state index in [1.54, 1.807) is 22.9 Å². The molecule has 3 N–H and O–H groups in total. The smallest absolute Gasteiger partial charge is 0.355 e. The predicted molar refractivity (Wildman–Crippen MR) is 154 cm³/mol. The first kappa shape index (κ1) is 27.1. The van der Waals surface area contributed by atoms with Crippen LogP contribution < -0.4 is 5.14 Å². The van der Waals surface area contributed by atoms with E-state index in [-0.39, 0.29) is 28.7 Å². The van der Waals surface area contributed by atoms with Crippen LogP contribution in [0.2, 0.25) is 0 Å². The number of carbonyl (C=O) groups is 1. The first-order valence-corrected chi connectivity index (χ1v) is 14.9. The van der Waals surface area contributed by atoms with Crippen LogP contribution in [0, 0.1) is 18.6 Å². The molecule has 3 aromatic carbocycles. The van der Waals surface area contributed by atoms with Crippen LogP contribution >= 0.6 is 11.3 Å². The molecule has 208 valence electrons. The normalized spacial score (nSPS) is 13.9. The molecule has 0 radical (unpaired) electrons. The molecule has 5 aromatic rings. The van der Waals surface area contributed by atoms with Crippen molar-refractivity contribution in [3.05, 3.63) is 106 Å². The highest BCUT2D eigenvalue weighted by Crippen LogP contribution is 2.46. The van der Waals surface area contributed by atoms with Crippen LogP contribution in [-0.4, -0.2) is 30.0 Å². The van der Waals surface area contributed by atoms with Gasteiger partial charge in [-0.2, -0.15) is 5.10 Å². The summed E-state index contributed by atoms with van der Waals surface area (Å²) in [7, 11) is -1.82. The third kappa shape index (κ3) is 5.35. The van der Waals surface area contributed by atoms with Crippen LogP contribution in [0.25, 0.3) is 27.5 Å². The van der Waals surface area contributed by atoms with Crippen molar-refractivity contribution in [1.29, 1.82) is 0 Å². The molecule has 1 aliphatic rings. The van der Waals surface area contributed by atoms with Gasteiger partial charge in [-0.3, -0.25) is 0 Å². The van der Waals surface area contributed by atoms with E-state index in [1.807, 2.05) is 31.2 Å². The second-order valence-electron chi connectivity index (χ2n) is 10.0. The van der Waals surface area contributed by atoms with E-state index in [4.69, 9.17) is 10.2 Å². The summed E-state index contributed by atoms with van der Waals surface area (Å²) in [6.07, 6.45) is 1.93. The topological polar surface area (TPSA) is 111 Å². The van der Waals surface area contributed by atoms with Crippen LogP contribution in [0.1, 0.15) is 51.6 Å². The first-order chi connectivity index (χ1) is 19.7. The van der Waals surface area contributed by atoms with Crippen molar-refractivity contribution < 1.29 is 22.9 Å². The molecular formula is C30H24F2N4O3S2. The summed E-state index contributed by atoms with van der Waals surface area (Å²) in [5.74, 6) is -1.96. The van der Waals surface area contributed by atoms with Crippen LogP contribution in [0.4, 0.5) is 8.78 Å². The minimum Gasteiger partial charge on any atom is -0.476 e. The molecule has 7 nitrogen and oxygen atoms in total. The average molecular weight is 591 g/mol. The lowest BCUT2D eigenvalue weighted by atomic mass is 9.94. The minimum absolute atomic E-state index is 0.0924. The molecule has 1 unspecified atom stereocenters. The summed E-state index contributed by atoms with van der Waals surface area (Å²) in [4.78, 5) is 16.0. The Morgan fingerprint density at radius 1 is 1.07 bits per heavy atom. The van der Waals surface area contributed by atoms with Crippen LogP contribution in [0.5, 0.6) is 0 Å². The van der Waals surface area contributed by atoms with E-state index in [9.17, 15) is 14.1 Å². The summed E-state index contributed by atoms with van der Waals surface area (Å²) in [5.41, 5.74) is 5.14. The molecule has 1 aliphatic carbocycles. The predicted octanol–water partition coefficient (Wildman–Crippen LogP) is 6.40. The number of aromatic nitrogens is 3. The Bertz CT molecular complexity index is 1830. The Balaban J connectivity index is 1.54. The van der Waals surface area contributed by atoms with Gasteiger partial charge in [0.25, 0.3) is 0 Å². The van der Waals surface area contributed by atoms with Crippen molar-refractivity contribution in [3.8, 4) is 27.5 Å². The third-order valence-electron chi connectivity index (χ3n) is 7.11. The fourth-order valence-electron chi connectivity index (χ4n) is 4.87. The zero-order chi connectivity index (χ0) is 28.8. The van der Waals surface area contributed by atoms with Crippen molar-refractivity contribution in [1.82, 2.24) is 14.8 Å². The zero-order valence-corrected chi connectivity index (χ0v) is 23.4. The van der Waals surface area contributed by atoms with E-state index < -0.39 is 22.8 Å². The van der Waals surface area contributed by atoms with E-state index in [0.717, 1.165) is 41.0 Å². The highest BCUT2D eigenvalue weighted by molar-refractivity contribution is 7.82. The maximum atomic E-state index is 15.2. The molecule has 0 saturated heterocycles. The molecule has 41 heavy (non-hydrogen) atoms. The zero-order valence-electron chi connectivity index (χ0n) is 21.8. The van der Waals surface area contributed by atoms with Gasteiger partial charge in [-0.1, -0.05) is 35.9 Å². The lowest BCUT2D eigenvalue weighted by Gasteiger charge is -2.11. The number of carboxylic acids is 1. The van der Waals surface area contributed by atoms with Crippen LogP contribution in [0.15, 0.2) is 70.9 Å². The molecule has 2 heterocycles. The number of rotatable bonds is 8. The second kappa shape index (κ2) is 10.7. The van der Waals surface area contributed by atoms with Gasteiger partial charge < -0.3 is 5.11 Å². The molecule has 1 saturated carbocycles. The lowest BCUT2D eigenvalue weighted by Crippen LogP contribution is -2.06. The highest BCUT2D eigenvalue weighted by atomic mass is 32.2. The molecular weight excluding hydrogens is 566 g/mol. The van der Waals surface area contributed by atoms with E-state index in [2.05, 4.69) is 4.98 Å². The van der Waals surface area contributed by atoms with Crippen molar-refractivity contribution in [2.75, 3.05) is 0 Å². The van der Waals surface area contributed by atoms with Gasteiger partial charge >= 0.3 is 5.97 Å². The molecule has 6 rings (SSSR count). The number of hydrogen-bond acceptors (Lipinski definition) is 5. The maximum absolute atomic E-state index is 15.2. The number of halogens is 2. The Kier molecular flexibility index (Phi) is 7.10. The quantitative estimate of drug-likeness (QED) is 0.217. The molecule has 1 fully saturated rings. The third-order valence-corrected chi connectivity index (χ3v) is 8.64. The van der Waals surface area contributed by atoms with Gasteiger partial charge in [0.15, 0.2) is 5.69 Å². The SMILES string of the molecule is Cc1ccc(-c2cc(-c3nn(-c4nc(C(=O)O)cs4)c(C4CC4)c3Cc3ccc(S(N)=O)cc3F)ccc2F)cc1. The number of carboxylic acid groups (broad SMARTS) is 1. The largest absolute Gasteiger partial charge is 0.476 e. The standard InChI is InChI=1S/C30H24F2N4O3S2/c1-16-2-4-17(5-3-16)22-13-20(9-11-24(22)31)27-23(12-19-8-10-21(41(33)39)14-25(19)32)28(18-6-7-18)36(35-27)30-34-26(15-40-30)29(37)38/h2-5,8-11,13-15,18H,6-7,12,33H2,1H3,(H,37,38). The summed E-state index contributed by atoms with van der Waals surface area (Å²) in [5, 5.41) is 21.6.